The first-order valence-electron chi connectivity index (χ1n) is 8.70. The van der Waals surface area contributed by atoms with Crippen LogP contribution in [0.4, 0.5) is 0 Å². The molecular weight excluding hydrogens is 374 g/mol. The summed E-state index contributed by atoms with van der Waals surface area (Å²) in [6.07, 6.45) is 3.70. The van der Waals surface area contributed by atoms with Gasteiger partial charge in [-0.1, -0.05) is 29.8 Å². The first-order valence-corrected chi connectivity index (χ1v) is 9.08. The molecule has 0 saturated carbocycles. The van der Waals surface area contributed by atoms with Gasteiger partial charge in [0, 0.05) is 22.9 Å². The lowest BCUT2D eigenvalue weighted by molar-refractivity contribution is -0.131. The minimum Gasteiger partial charge on any atom is -0.457 e. The van der Waals surface area contributed by atoms with E-state index in [2.05, 4.69) is 4.98 Å². The van der Waals surface area contributed by atoms with Crippen LogP contribution >= 0.6 is 11.6 Å². The molecule has 4 rings (SSSR count). The van der Waals surface area contributed by atoms with Gasteiger partial charge in [-0.2, -0.15) is 0 Å². The number of ether oxygens (including phenoxy) is 1. The van der Waals surface area contributed by atoms with Crippen LogP contribution in [0.3, 0.4) is 0 Å². The quantitative estimate of drug-likeness (QED) is 0.306. The lowest BCUT2D eigenvalue weighted by Gasteiger charge is -2.05. The first kappa shape index (κ1) is 18.0. The molecule has 0 radical (unpaired) electrons. The number of carbonyl (C=O) groups is 1. The molecule has 0 atom stereocenters. The fraction of sp³-hybridized carbons (Fsp3) is 0.0435. The van der Waals surface area contributed by atoms with Crippen LogP contribution in [0.1, 0.15) is 18.4 Å². The average molecular weight is 390 g/mol. The van der Waals surface area contributed by atoms with E-state index in [-0.39, 0.29) is 5.97 Å². The summed E-state index contributed by atoms with van der Waals surface area (Å²) in [6.45, 7) is 1.37. The molecule has 138 valence electrons. The van der Waals surface area contributed by atoms with E-state index >= 15 is 0 Å². The second-order valence-electron chi connectivity index (χ2n) is 6.20. The van der Waals surface area contributed by atoms with Crippen LogP contribution in [-0.2, 0) is 4.79 Å². The zero-order chi connectivity index (χ0) is 19.5. The Balaban J connectivity index is 1.60. The third-order valence-electron chi connectivity index (χ3n) is 4.13. The molecule has 2 heterocycles. The van der Waals surface area contributed by atoms with E-state index in [4.69, 9.17) is 20.8 Å². The van der Waals surface area contributed by atoms with Gasteiger partial charge in [0.2, 0.25) is 0 Å². The SMILES string of the molecule is CC(=O)Oc1cccc2ccc(/C=C/c3ccc(-c4ccc(Cl)cc4)o3)nc12. The fourth-order valence-corrected chi connectivity index (χ4v) is 2.97. The summed E-state index contributed by atoms with van der Waals surface area (Å²) < 4.78 is 11.1. The number of furan rings is 1. The van der Waals surface area contributed by atoms with E-state index < -0.39 is 0 Å². The zero-order valence-electron chi connectivity index (χ0n) is 15.1. The molecule has 0 spiro atoms. The van der Waals surface area contributed by atoms with Crippen molar-refractivity contribution >= 4 is 40.6 Å². The Kier molecular flexibility index (Phi) is 4.96. The third-order valence-corrected chi connectivity index (χ3v) is 4.38. The minimum absolute atomic E-state index is 0.374. The number of pyridine rings is 1. The van der Waals surface area contributed by atoms with E-state index in [0.29, 0.717) is 22.0 Å². The van der Waals surface area contributed by atoms with Crippen molar-refractivity contribution < 1.29 is 13.9 Å². The van der Waals surface area contributed by atoms with E-state index in [1.807, 2.05) is 72.8 Å². The number of hydrogen-bond donors (Lipinski definition) is 0. The number of rotatable bonds is 4. The van der Waals surface area contributed by atoms with E-state index in [1.54, 1.807) is 6.07 Å². The zero-order valence-corrected chi connectivity index (χ0v) is 15.8. The highest BCUT2D eigenvalue weighted by atomic mass is 35.5. The minimum atomic E-state index is -0.374. The van der Waals surface area contributed by atoms with Gasteiger partial charge >= 0.3 is 5.97 Å². The van der Waals surface area contributed by atoms with Gasteiger partial charge in [0.25, 0.3) is 0 Å². The molecule has 0 aliphatic rings. The monoisotopic (exact) mass is 389 g/mol. The molecule has 0 aliphatic heterocycles. The molecule has 0 bridgehead atoms. The number of carbonyl (C=O) groups excluding carboxylic acids is 1. The number of para-hydroxylation sites is 1. The topological polar surface area (TPSA) is 52.3 Å². The molecular formula is C23H16ClNO3. The van der Waals surface area contributed by atoms with Crippen LogP contribution in [0.15, 0.2) is 71.1 Å². The Hall–Kier alpha value is -3.37. The van der Waals surface area contributed by atoms with Crippen LogP contribution in [0.25, 0.3) is 34.4 Å². The van der Waals surface area contributed by atoms with Crippen molar-refractivity contribution in [3.63, 3.8) is 0 Å². The number of fused-ring (bicyclic) bond motifs is 1. The molecule has 28 heavy (non-hydrogen) atoms. The van der Waals surface area contributed by atoms with Gasteiger partial charge in [0.15, 0.2) is 5.75 Å². The molecule has 0 N–H and O–H groups in total. The summed E-state index contributed by atoms with van der Waals surface area (Å²) in [5.74, 6) is 1.55. The van der Waals surface area contributed by atoms with Crippen molar-refractivity contribution in [2.24, 2.45) is 0 Å². The van der Waals surface area contributed by atoms with Gasteiger partial charge < -0.3 is 9.15 Å². The summed E-state index contributed by atoms with van der Waals surface area (Å²) in [7, 11) is 0. The highest BCUT2D eigenvalue weighted by Gasteiger charge is 2.07. The van der Waals surface area contributed by atoms with Crippen molar-refractivity contribution in [2.45, 2.75) is 6.92 Å². The lowest BCUT2D eigenvalue weighted by atomic mass is 10.2. The maximum absolute atomic E-state index is 11.3. The standard InChI is InChI=1S/C23H16ClNO3/c1-15(26)27-22-4-2-3-17-7-10-19(25-23(17)22)11-12-20-13-14-21(28-20)16-5-8-18(24)9-6-16/h2-14H,1H3/b12-11+. The lowest BCUT2D eigenvalue weighted by Crippen LogP contribution is -2.02. The van der Waals surface area contributed by atoms with Gasteiger partial charge in [0.05, 0.1) is 5.69 Å². The van der Waals surface area contributed by atoms with Crippen molar-refractivity contribution in [1.29, 1.82) is 0 Å². The average Bonchev–Trinajstić information content (AvgIpc) is 3.16. The normalized spacial score (nSPS) is 11.2. The number of aromatic nitrogens is 1. The smallest absolute Gasteiger partial charge is 0.308 e. The molecule has 2 aromatic heterocycles. The Morgan fingerprint density at radius 2 is 1.82 bits per heavy atom. The van der Waals surface area contributed by atoms with Gasteiger partial charge in [-0.3, -0.25) is 4.79 Å². The van der Waals surface area contributed by atoms with Gasteiger partial charge in [-0.15, -0.1) is 0 Å². The van der Waals surface area contributed by atoms with Crippen molar-refractivity contribution in [3.05, 3.63) is 83.2 Å². The largest absolute Gasteiger partial charge is 0.457 e. The highest BCUT2D eigenvalue weighted by molar-refractivity contribution is 6.30. The summed E-state index contributed by atoms with van der Waals surface area (Å²) in [5, 5.41) is 1.59. The molecule has 0 saturated heterocycles. The molecule has 0 fully saturated rings. The van der Waals surface area contributed by atoms with Crippen LogP contribution in [-0.4, -0.2) is 11.0 Å². The van der Waals surface area contributed by atoms with Crippen LogP contribution in [0, 0.1) is 0 Å². The summed E-state index contributed by atoms with van der Waals surface area (Å²) in [6, 6.07) is 20.6. The van der Waals surface area contributed by atoms with Gasteiger partial charge in [-0.25, -0.2) is 4.98 Å². The summed E-state index contributed by atoms with van der Waals surface area (Å²) >= 11 is 5.93. The van der Waals surface area contributed by atoms with Crippen LogP contribution < -0.4 is 4.74 Å². The second kappa shape index (κ2) is 7.71. The Bertz CT molecular complexity index is 1180. The van der Waals surface area contributed by atoms with Gasteiger partial charge in [0.1, 0.15) is 17.0 Å². The predicted molar refractivity (Wildman–Crippen MR) is 111 cm³/mol. The second-order valence-corrected chi connectivity index (χ2v) is 6.64. The predicted octanol–water partition coefficient (Wildman–Crippen LogP) is 6.24. The number of benzene rings is 2. The highest BCUT2D eigenvalue weighted by Crippen LogP contribution is 2.26. The third kappa shape index (κ3) is 3.97. The van der Waals surface area contributed by atoms with E-state index in [1.165, 1.54) is 6.92 Å². The molecule has 2 aromatic carbocycles. The summed E-state index contributed by atoms with van der Waals surface area (Å²) in [4.78, 5) is 15.9. The van der Waals surface area contributed by atoms with Crippen molar-refractivity contribution in [1.82, 2.24) is 4.98 Å². The number of esters is 1. The van der Waals surface area contributed by atoms with E-state index in [9.17, 15) is 4.79 Å². The number of halogens is 1. The van der Waals surface area contributed by atoms with Crippen molar-refractivity contribution in [3.8, 4) is 17.1 Å². The summed E-state index contributed by atoms with van der Waals surface area (Å²) in [5.41, 5.74) is 2.33. The Morgan fingerprint density at radius 1 is 1.00 bits per heavy atom. The Labute approximate surface area is 167 Å². The maximum atomic E-state index is 11.3. The molecule has 0 aliphatic carbocycles. The molecule has 4 nitrogen and oxygen atoms in total. The first-order chi connectivity index (χ1) is 13.6. The maximum Gasteiger partial charge on any atom is 0.308 e. The number of hydrogen-bond acceptors (Lipinski definition) is 4. The Morgan fingerprint density at radius 3 is 2.61 bits per heavy atom. The molecule has 0 amide bonds. The number of nitrogens with zero attached hydrogens (tertiary/aromatic N) is 1. The molecule has 5 heteroatoms. The van der Waals surface area contributed by atoms with Gasteiger partial charge in [-0.05, 0) is 60.7 Å². The molecule has 4 aromatic rings. The molecule has 0 unspecified atom stereocenters. The van der Waals surface area contributed by atoms with Crippen molar-refractivity contribution in [2.75, 3.05) is 0 Å². The van der Waals surface area contributed by atoms with E-state index in [0.717, 1.165) is 22.4 Å². The van der Waals surface area contributed by atoms with Crippen LogP contribution in [0.5, 0.6) is 5.75 Å². The van der Waals surface area contributed by atoms with Crippen LogP contribution in [0.2, 0.25) is 5.02 Å². The fourth-order valence-electron chi connectivity index (χ4n) is 2.84.